The molecule has 6 heteroatoms. The van der Waals surface area contributed by atoms with Crippen LogP contribution in [0.2, 0.25) is 0 Å². The maximum absolute atomic E-state index is 12.1. The first-order valence-corrected chi connectivity index (χ1v) is 5.44. The van der Waals surface area contributed by atoms with E-state index in [2.05, 4.69) is 20.5 Å². The summed E-state index contributed by atoms with van der Waals surface area (Å²) in [6, 6.07) is 9.12. The van der Waals surface area contributed by atoms with Crippen LogP contribution in [0.3, 0.4) is 0 Å². The van der Waals surface area contributed by atoms with Crippen molar-refractivity contribution in [2.75, 3.05) is 0 Å². The van der Waals surface area contributed by atoms with Gasteiger partial charge in [-0.3, -0.25) is 9.78 Å². The first kappa shape index (κ1) is 10.5. The number of hydrogen-bond acceptors (Lipinski definition) is 5. The molecule has 6 nitrogen and oxygen atoms in total. The average molecular weight is 239 g/mol. The van der Waals surface area contributed by atoms with Gasteiger partial charge in [0.25, 0.3) is 0 Å². The summed E-state index contributed by atoms with van der Waals surface area (Å²) in [6.07, 6.45) is 3.38. The van der Waals surface area contributed by atoms with Gasteiger partial charge in [0, 0.05) is 11.8 Å². The highest BCUT2D eigenvalue weighted by atomic mass is 16.1. The molecule has 0 radical (unpaired) electrons. The number of ketones is 1. The maximum atomic E-state index is 12.1. The molecule has 0 bridgehead atoms. The Bertz CT molecular complexity index is 692. The standard InChI is InChI=1S/C12H9N5O/c18-11(9-4-2-1-3-5-9)6-10-7-13-8-12-14-15-16-17(10)12/h1-5,7-8H,6H2. The molecular weight excluding hydrogens is 230 g/mol. The molecule has 0 saturated heterocycles. The van der Waals surface area contributed by atoms with Gasteiger partial charge in [-0.1, -0.05) is 30.3 Å². The highest BCUT2D eigenvalue weighted by Crippen LogP contribution is 2.07. The molecule has 3 rings (SSSR count). The van der Waals surface area contributed by atoms with E-state index in [0.29, 0.717) is 16.9 Å². The molecule has 0 atom stereocenters. The molecule has 0 unspecified atom stereocenters. The van der Waals surface area contributed by atoms with Crippen LogP contribution in [0.1, 0.15) is 16.1 Å². The van der Waals surface area contributed by atoms with Crippen molar-refractivity contribution >= 4 is 11.4 Å². The molecule has 2 heterocycles. The first-order valence-electron chi connectivity index (χ1n) is 5.44. The number of carbonyl (C=O) groups is 1. The van der Waals surface area contributed by atoms with Gasteiger partial charge in [-0.05, 0) is 10.4 Å². The molecule has 0 saturated carbocycles. The molecule has 88 valence electrons. The lowest BCUT2D eigenvalue weighted by Crippen LogP contribution is -2.08. The minimum absolute atomic E-state index is 0.0143. The predicted molar refractivity (Wildman–Crippen MR) is 63.1 cm³/mol. The van der Waals surface area contributed by atoms with E-state index in [0.717, 1.165) is 0 Å². The van der Waals surface area contributed by atoms with Crippen molar-refractivity contribution in [3.63, 3.8) is 0 Å². The van der Waals surface area contributed by atoms with Gasteiger partial charge in [0.2, 0.25) is 0 Å². The quantitative estimate of drug-likeness (QED) is 0.636. The third-order valence-corrected chi connectivity index (χ3v) is 2.62. The van der Waals surface area contributed by atoms with Crippen LogP contribution in [0.4, 0.5) is 0 Å². The Kier molecular flexibility index (Phi) is 2.53. The number of hydrogen-bond donors (Lipinski definition) is 0. The zero-order chi connectivity index (χ0) is 12.4. The van der Waals surface area contributed by atoms with E-state index in [-0.39, 0.29) is 12.2 Å². The summed E-state index contributed by atoms with van der Waals surface area (Å²) in [4.78, 5) is 16.1. The summed E-state index contributed by atoms with van der Waals surface area (Å²) in [6.45, 7) is 0. The van der Waals surface area contributed by atoms with Crippen LogP contribution in [-0.4, -0.2) is 30.8 Å². The van der Waals surface area contributed by atoms with Crippen LogP contribution < -0.4 is 0 Å². The Morgan fingerprint density at radius 2 is 2.00 bits per heavy atom. The zero-order valence-corrected chi connectivity index (χ0v) is 9.39. The van der Waals surface area contributed by atoms with Crippen LogP contribution in [0, 0.1) is 0 Å². The van der Waals surface area contributed by atoms with Crippen molar-refractivity contribution in [1.29, 1.82) is 0 Å². The molecule has 0 N–H and O–H groups in total. The van der Waals surface area contributed by atoms with Gasteiger partial charge < -0.3 is 0 Å². The van der Waals surface area contributed by atoms with E-state index in [9.17, 15) is 4.79 Å². The topological polar surface area (TPSA) is 73.0 Å². The van der Waals surface area contributed by atoms with Gasteiger partial charge in [-0.2, -0.15) is 4.52 Å². The number of carbonyl (C=O) groups excluding carboxylic acids is 1. The van der Waals surface area contributed by atoms with Crippen molar-refractivity contribution in [3.05, 3.63) is 54.0 Å². The number of aromatic nitrogens is 5. The molecule has 3 aromatic rings. The fraction of sp³-hybridized carbons (Fsp3) is 0.0833. The number of nitrogens with zero attached hydrogens (tertiary/aromatic N) is 5. The summed E-state index contributed by atoms with van der Waals surface area (Å²) in [7, 11) is 0. The normalized spacial score (nSPS) is 10.7. The fourth-order valence-corrected chi connectivity index (χ4v) is 1.73. The molecule has 18 heavy (non-hydrogen) atoms. The minimum atomic E-state index is 0.0143. The minimum Gasteiger partial charge on any atom is -0.294 e. The molecule has 0 aliphatic carbocycles. The van der Waals surface area contributed by atoms with Gasteiger partial charge in [0.05, 0.1) is 18.3 Å². The van der Waals surface area contributed by atoms with Gasteiger partial charge in [-0.15, -0.1) is 5.10 Å². The van der Waals surface area contributed by atoms with Crippen molar-refractivity contribution < 1.29 is 4.79 Å². The first-order chi connectivity index (χ1) is 8.84. The summed E-state index contributed by atoms with van der Waals surface area (Å²) in [5.74, 6) is 0.0143. The SMILES string of the molecule is O=C(Cc1cncc2nnnn12)c1ccccc1. The second-order valence-electron chi connectivity index (χ2n) is 3.81. The van der Waals surface area contributed by atoms with Gasteiger partial charge >= 0.3 is 0 Å². The Balaban J connectivity index is 1.93. The molecule has 0 spiro atoms. The van der Waals surface area contributed by atoms with E-state index in [4.69, 9.17) is 0 Å². The lowest BCUT2D eigenvalue weighted by atomic mass is 10.1. The van der Waals surface area contributed by atoms with Crippen LogP contribution in [0.5, 0.6) is 0 Å². The average Bonchev–Trinajstić information content (AvgIpc) is 2.89. The number of rotatable bonds is 3. The number of fused-ring (bicyclic) bond motifs is 1. The molecule has 0 aliphatic heterocycles. The Labute approximate surface area is 102 Å². The molecule has 0 fully saturated rings. The molecule has 0 amide bonds. The second-order valence-corrected chi connectivity index (χ2v) is 3.81. The van der Waals surface area contributed by atoms with Crippen molar-refractivity contribution in [3.8, 4) is 0 Å². The Morgan fingerprint density at radius 1 is 1.17 bits per heavy atom. The Hall–Kier alpha value is -2.63. The summed E-state index contributed by atoms with van der Waals surface area (Å²) >= 11 is 0. The van der Waals surface area contributed by atoms with E-state index in [1.807, 2.05) is 18.2 Å². The lowest BCUT2D eigenvalue weighted by molar-refractivity contribution is 0.0991. The van der Waals surface area contributed by atoms with E-state index >= 15 is 0 Å². The van der Waals surface area contributed by atoms with E-state index in [1.165, 1.54) is 4.52 Å². The Morgan fingerprint density at radius 3 is 2.83 bits per heavy atom. The molecule has 1 aromatic carbocycles. The molecular formula is C12H9N5O. The van der Waals surface area contributed by atoms with Gasteiger partial charge in [0.1, 0.15) is 0 Å². The lowest BCUT2D eigenvalue weighted by Gasteiger charge is -2.02. The summed E-state index contributed by atoms with van der Waals surface area (Å²) in [5, 5.41) is 11.2. The van der Waals surface area contributed by atoms with E-state index in [1.54, 1.807) is 24.5 Å². The third-order valence-electron chi connectivity index (χ3n) is 2.62. The predicted octanol–water partition coefficient (Wildman–Crippen LogP) is 0.945. The zero-order valence-electron chi connectivity index (χ0n) is 9.39. The second kappa shape index (κ2) is 4.33. The van der Waals surface area contributed by atoms with Crippen molar-refractivity contribution in [1.82, 2.24) is 25.0 Å². The monoisotopic (exact) mass is 239 g/mol. The molecule has 2 aromatic heterocycles. The number of Topliss-reactive ketones (excluding diaryl/α,β-unsaturated/α-hetero) is 1. The van der Waals surface area contributed by atoms with Gasteiger partial charge in [-0.25, -0.2) is 0 Å². The van der Waals surface area contributed by atoms with Gasteiger partial charge in [0.15, 0.2) is 11.4 Å². The van der Waals surface area contributed by atoms with Crippen molar-refractivity contribution in [2.45, 2.75) is 6.42 Å². The van der Waals surface area contributed by atoms with Crippen LogP contribution in [0.15, 0.2) is 42.7 Å². The largest absolute Gasteiger partial charge is 0.294 e. The molecule has 0 aliphatic rings. The third kappa shape index (κ3) is 1.84. The smallest absolute Gasteiger partial charge is 0.197 e. The highest BCUT2D eigenvalue weighted by Gasteiger charge is 2.10. The summed E-state index contributed by atoms with van der Waals surface area (Å²) < 4.78 is 1.52. The number of tetrazole rings is 1. The maximum Gasteiger partial charge on any atom is 0.197 e. The summed E-state index contributed by atoms with van der Waals surface area (Å²) in [5.41, 5.74) is 1.88. The highest BCUT2D eigenvalue weighted by molar-refractivity contribution is 5.97. The van der Waals surface area contributed by atoms with E-state index < -0.39 is 0 Å². The van der Waals surface area contributed by atoms with Crippen LogP contribution in [0.25, 0.3) is 5.65 Å². The fourth-order valence-electron chi connectivity index (χ4n) is 1.73. The number of benzene rings is 1. The van der Waals surface area contributed by atoms with Crippen LogP contribution >= 0.6 is 0 Å². The van der Waals surface area contributed by atoms with Crippen molar-refractivity contribution in [2.24, 2.45) is 0 Å². The van der Waals surface area contributed by atoms with Crippen LogP contribution in [-0.2, 0) is 6.42 Å².